The number of amides is 1. The molecule has 0 saturated carbocycles. The van der Waals surface area contributed by atoms with Crippen molar-refractivity contribution in [1.82, 2.24) is 9.21 Å². The molecule has 0 aliphatic carbocycles. The smallest absolute Gasteiger partial charge is 0.243 e. The second-order valence-electron chi connectivity index (χ2n) is 7.13. The Morgan fingerprint density at radius 2 is 1.88 bits per heavy atom. The highest BCUT2D eigenvalue weighted by molar-refractivity contribution is 7.89. The van der Waals surface area contributed by atoms with Gasteiger partial charge in [0.25, 0.3) is 0 Å². The van der Waals surface area contributed by atoms with Gasteiger partial charge in [-0.1, -0.05) is 23.8 Å². The maximum absolute atomic E-state index is 13.1. The Morgan fingerprint density at radius 1 is 1.20 bits per heavy atom. The largest absolute Gasteiger partial charge is 0.332 e. The Labute approximate surface area is 150 Å². The lowest BCUT2D eigenvalue weighted by atomic mass is 9.80. The van der Waals surface area contributed by atoms with Gasteiger partial charge in [0.1, 0.15) is 0 Å². The third-order valence-electron chi connectivity index (χ3n) is 5.40. The van der Waals surface area contributed by atoms with Crippen molar-refractivity contribution in [2.24, 2.45) is 0 Å². The molecule has 1 atom stereocenters. The Morgan fingerprint density at radius 3 is 2.56 bits per heavy atom. The zero-order valence-corrected chi connectivity index (χ0v) is 15.6. The first-order chi connectivity index (χ1) is 11.9. The van der Waals surface area contributed by atoms with E-state index in [1.165, 1.54) is 0 Å². The van der Waals surface area contributed by atoms with Gasteiger partial charge in [-0.15, -0.1) is 6.58 Å². The van der Waals surface area contributed by atoms with Gasteiger partial charge in [0, 0.05) is 26.1 Å². The molecule has 0 aromatic heterocycles. The average Bonchev–Trinajstić information content (AvgIpc) is 2.59. The van der Waals surface area contributed by atoms with Gasteiger partial charge in [0.2, 0.25) is 15.9 Å². The summed E-state index contributed by atoms with van der Waals surface area (Å²) in [6.07, 6.45) is 5.58. The first kappa shape index (κ1) is 18.1. The lowest BCUT2D eigenvalue weighted by Gasteiger charge is -2.51. The van der Waals surface area contributed by atoms with Crippen LogP contribution in [0.5, 0.6) is 0 Å². The molecule has 1 amide bonds. The minimum Gasteiger partial charge on any atom is -0.332 e. The van der Waals surface area contributed by atoms with E-state index in [2.05, 4.69) is 6.58 Å². The second-order valence-corrected chi connectivity index (χ2v) is 9.06. The van der Waals surface area contributed by atoms with E-state index in [1.54, 1.807) is 22.5 Å². The molecule has 6 heteroatoms. The summed E-state index contributed by atoms with van der Waals surface area (Å²) in [4.78, 5) is 14.6. The fraction of sp³-hybridized carbons (Fsp3) is 0.526. The molecule has 2 saturated heterocycles. The predicted molar refractivity (Wildman–Crippen MR) is 97.7 cm³/mol. The highest BCUT2D eigenvalue weighted by Gasteiger charge is 2.47. The zero-order valence-electron chi connectivity index (χ0n) is 14.8. The van der Waals surface area contributed by atoms with Crippen LogP contribution in [-0.4, -0.2) is 48.7 Å². The van der Waals surface area contributed by atoms with Crippen molar-refractivity contribution in [3.8, 4) is 0 Å². The molecule has 2 aliphatic heterocycles. The Balaban J connectivity index is 1.90. The lowest BCUT2D eigenvalue weighted by Crippen LogP contribution is -2.63. The summed E-state index contributed by atoms with van der Waals surface area (Å²) < 4.78 is 27.7. The number of piperidine rings is 2. The van der Waals surface area contributed by atoms with Crippen molar-refractivity contribution in [1.29, 1.82) is 0 Å². The van der Waals surface area contributed by atoms with E-state index in [9.17, 15) is 13.2 Å². The van der Waals surface area contributed by atoms with Crippen LogP contribution in [0.25, 0.3) is 0 Å². The second kappa shape index (κ2) is 6.92. The van der Waals surface area contributed by atoms with Crippen molar-refractivity contribution < 1.29 is 13.2 Å². The fourth-order valence-corrected chi connectivity index (χ4v) is 5.65. The lowest BCUT2D eigenvalue weighted by molar-refractivity contribution is -0.143. The topological polar surface area (TPSA) is 57.7 Å². The van der Waals surface area contributed by atoms with Gasteiger partial charge < -0.3 is 4.90 Å². The number of carbonyl (C=O) groups excluding carboxylic acids is 1. The number of benzene rings is 1. The Hall–Kier alpha value is -1.66. The molecule has 25 heavy (non-hydrogen) atoms. The van der Waals surface area contributed by atoms with Crippen LogP contribution < -0.4 is 0 Å². The first-order valence-corrected chi connectivity index (χ1v) is 10.3. The van der Waals surface area contributed by atoms with E-state index in [0.29, 0.717) is 31.0 Å². The van der Waals surface area contributed by atoms with Crippen LogP contribution in [0.1, 0.15) is 37.7 Å². The molecule has 2 heterocycles. The molecule has 1 aromatic carbocycles. The van der Waals surface area contributed by atoms with Gasteiger partial charge in [0.05, 0.1) is 10.4 Å². The molecule has 136 valence electrons. The maximum Gasteiger partial charge on any atom is 0.243 e. The standard InChI is InChI=1S/C19H26N2O3S/c1-3-13-21-18(22)6-4-11-19(21)12-5-14-20(15-19)25(23,24)17-9-7-16(2)8-10-17/h3,7-10H,1,4-6,11-15H2,2H3/t19-/m1/s1. The van der Waals surface area contributed by atoms with E-state index in [-0.39, 0.29) is 11.4 Å². The summed E-state index contributed by atoms with van der Waals surface area (Å²) in [5.74, 6) is 0.112. The van der Waals surface area contributed by atoms with Gasteiger partial charge in [0.15, 0.2) is 0 Å². The van der Waals surface area contributed by atoms with E-state index in [1.807, 2.05) is 24.0 Å². The molecule has 2 fully saturated rings. The maximum atomic E-state index is 13.1. The number of hydrogen-bond donors (Lipinski definition) is 0. The SMILES string of the molecule is C=CCN1C(=O)CCC[C@]12CCCN(S(=O)(=O)c1ccc(C)cc1)C2. The number of carbonyl (C=O) groups is 1. The molecule has 5 nitrogen and oxygen atoms in total. The van der Waals surface area contributed by atoms with Crippen molar-refractivity contribution in [3.05, 3.63) is 42.5 Å². The minimum atomic E-state index is -3.54. The molecular weight excluding hydrogens is 336 g/mol. The summed E-state index contributed by atoms with van der Waals surface area (Å²) in [5.41, 5.74) is 0.642. The molecular formula is C19H26N2O3S. The summed E-state index contributed by atoms with van der Waals surface area (Å²) in [7, 11) is -3.54. The van der Waals surface area contributed by atoms with Crippen LogP contribution in [-0.2, 0) is 14.8 Å². The molecule has 2 aliphatic rings. The first-order valence-electron chi connectivity index (χ1n) is 8.87. The summed E-state index contributed by atoms with van der Waals surface area (Å²) in [6, 6.07) is 6.97. The molecule has 0 N–H and O–H groups in total. The van der Waals surface area contributed by atoms with E-state index < -0.39 is 10.0 Å². The van der Waals surface area contributed by atoms with Gasteiger partial charge in [-0.25, -0.2) is 8.42 Å². The van der Waals surface area contributed by atoms with E-state index >= 15 is 0 Å². The number of hydrogen-bond acceptors (Lipinski definition) is 3. The molecule has 3 rings (SSSR count). The van der Waals surface area contributed by atoms with Crippen LogP contribution in [0.3, 0.4) is 0 Å². The van der Waals surface area contributed by atoms with Crippen LogP contribution in [0.15, 0.2) is 41.8 Å². The van der Waals surface area contributed by atoms with Crippen LogP contribution in [0.2, 0.25) is 0 Å². The predicted octanol–water partition coefficient (Wildman–Crippen LogP) is 2.72. The number of likely N-dealkylation sites (tertiary alicyclic amines) is 1. The fourth-order valence-electron chi connectivity index (χ4n) is 4.09. The molecule has 0 radical (unpaired) electrons. The van der Waals surface area contributed by atoms with Crippen molar-refractivity contribution >= 4 is 15.9 Å². The van der Waals surface area contributed by atoms with Crippen molar-refractivity contribution in [3.63, 3.8) is 0 Å². The highest BCUT2D eigenvalue weighted by Crippen LogP contribution is 2.38. The van der Waals surface area contributed by atoms with Gasteiger partial charge in [-0.3, -0.25) is 4.79 Å². The van der Waals surface area contributed by atoms with E-state index in [4.69, 9.17) is 0 Å². The van der Waals surface area contributed by atoms with Gasteiger partial charge in [-0.2, -0.15) is 4.31 Å². The molecule has 1 aromatic rings. The van der Waals surface area contributed by atoms with Crippen LogP contribution in [0, 0.1) is 6.92 Å². The number of nitrogens with zero attached hydrogens (tertiary/aromatic N) is 2. The van der Waals surface area contributed by atoms with Crippen LogP contribution >= 0.6 is 0 Å². The number of rotatable bonds is 4. The van der Waals surface area contributed by atoms with E-state index in [0.717, 1.165) is 31.2 Å². The van der Waals surface area contributed by atoms with Gasteiger partial charge in [-0.05, 0) is 44.7 Å². The third-order valence-corrected chi connectivity index (χ3v) is 7.26. The monoisotopic (exact) mass is 362 g/mol. The number of aryl methyl sites for hydroxylation is 1. The average molecular weight is 362 g/mol. The number of sulfonamides is 1. The summed E-state index contributed by atoms with van der Waals surface area (Å²) in [6.45, 7) is 7.07. The normalized spacial score (nSPS) is 25.3. The summed E-state index contributed by atoms with van der Waals surface area (Å²) >= 11 is 0. The quantitative estimate of drug-likeness (QED) is 0.774. The Kier molecular flexibility index (Phi) is 5.02. The molecule has 1 spiro atoms. The highest BCUT2D eigenvalue weighted by atomic mass is 32.2. The van der Waals surface area contributed by atoms with Gasteiger partial charge >= 0.3 is 0 Å². The van der Waals surface area contributed by atoms with Crippen molar-refractivity contribution in [2.45, 2.75) is 49.5 Å². The minimum absolute atomic E-state index is 0.112. The summed E-state index contributed by atoms with van der Waals surface area (Å²) in [5, 5.41) is 0. The Bertz CT molecular complexity index is 753. The third kappa shape index (κ3) is 3.37. The van der Waals surface area contributed by atoms with Crippen molar-refractivity contribution in [2.75, 3.05) is 19.6 Å². The van der Waals surface area contributed by atoms with Crippen LogP contribution in [0.4, 0.5) is 0 Å². The molecule has 0 unspecified atom stereocenters. The zero-order chi connectivity index (χ0) is 18.1. The molecule has 0 bridgehead atoms.